The Morgan fingerprint density at radius 2 is 1.69 bits per heavy atom. The number of nitrogens with one attached hydrogen (secondary N) is 1. The second-order valence-corrected chi connectivity index (χ2v) is 12.7. The first-order valence-electron chi connectivity index (χ1n) is 10.5. The average molecular weight is 478 g/mol. The highest BCUT2D eigenvalue weighted by atomic mass is 32.2. The maximum atomic E-state index is 13.2. The van der Waals surface area contributed by atoms with E-state index in [1.54, 1.807) is 6.92 Å². The van der Waals surface area contributed by atoms with E-state index in [0.717, 1.165) is 5.69 Å². The maximum Gasteiger partial charge on any atom is 0.251 e. The largest absolute Gasteiger partial charge is 0.369 e. The summed E-state index contributed by atoms with van der Waals surface area (Å²) in [4.78, 5) is 15.0. The van der Waals surface area contributed by atoms with E-state index in [4.69, 9.17) is 0 Å². The van der Waals surface area contributed by atoms with Crippen LogP contribution in [-0.2, 0) is 19.9 Å². The quantitative estimate of drug-likeness (QED) is 0.700. The second-order valence-electron chi connectivity index (χ2n) is 8.61. The minimum atomic E-state index is -3.75. The van der Waals surface area contributed by atoms with Crippen LogP contribution in [0.3, 0.4) is 0 Å². The van der Waals surface area contributed by atoms with Crippen LogP contribution in [0.1, 0.15) is 23.7 Å². The van der Waals surface area contributed by atoms with E-state index in [1.165, 1.54) is 28.6 Å². The molecule has 1 amide bonds. The first kappa shape index (κ1) is 22.8. The molecule has 2 aliphatic heterocycles. The fraction of sp³-hybridized carbons (Fsp3) is 0.409. The van der Waals surface area contributed by atoms with Crippen molar-refractivity contribution < 1.29 is 21.6 Å². The van der Waals surface area contributed by atoms with Crippen molar-refractivity contribution >= 4 is 31.5 Å². The number of piperazine rings is 1. The lowest BCUT2D eigenvalue weighted by Gasteiger charge is -2.35. The smallest absolute Gasteiger partial charge is 0.251 e. The van der Waals surface area contributed by atoms with Gasteiger partial charge in [0.05, 0.1) is 21.9 Å². The molecule has 4 rings (SSSR count). The number of hydrogen-bond acceptors (Lipinski definition) is 6. The molecule has 2 aliphatic rings. The number of anilines is 1. The molecule has 1 N–H and O–H groups in total. The number of para-hydroxylation sites is 1. The van der Waals surface area contributed by atoms with Crippen LogP contribution in [0.5, 0.6) is 0 Å². The van der Waals surface area contributed by atoms with Crippen LogP contribution in [0.4, 0.5) is 5.69 Å². The van der Waals surface area contributed by atoms with Gasteiger partial charge in [-0.2, -0.15) is 4.31 Å². The van der Waals surface area contributed by atoms with Crippen molar-refractivity contribution in [2.45, 2.75) is 23.8 Å². The summed E-state index contributed by atoms with van der Waals surface area (Å²) in [6, 6.07) is 15.8. The fourth-order valence-electron chi connectivity index (χ4n) is 4.23. The van der Waals surface area contributed by atoms with Crippen molar-refractivity contribution in [1.29, 1.82) is 0 Å². The standard InChI is InChI=1S/C22H27N3O5S2/c1-22(10-15-31(27,28)17-22)23-21(26)18-6-5-9-20(16-18)32(29,30)25-13-11-24(12-14-25)19-7-3-2-4-8-19/h2-9,16H,10-15,17H2,1H3,(H,23,26)/t22-/m1/s1. The lowest BCUT2D eigenvalue weighted by Crippen LogP contribution is -2.48. The van der Waals surface area contributed by atoms with Gasteiger partial charge in [-0.25, -0.2) is 16.8 Å². The van der Waals surface area contributed by atoms with Gasteiger partial charge in [0.25, 0.3) is 5.91 Å². The SMILES string of the molecule is C[C@@]1(NC(=O)c2cccc(S(=O)(=O)N3CCN(c4ccccc4)CC3)c2)CCS(=O)(=O)C1. The monoisotopic (exact) mass is 477 g/mol. The number of nitrogens with zero attached hydrogens (tertiary/aromatic N) is 2. The van der Waals surface area contributed by atoms with E-state index in [0.29, 0.717) is 32.6 Å². The summed E-state index contributed by atoms with van der Waals surface area (Å²) in [7, 11) is -6.93. The molecular formula is C22H27N3O5S2. The zero-order chi connectivity index (χ0) is 23.0. The molecule has 2 fully saturated rings. The number of carbonyl (C=O) groups is 1. The van der Waals surface area contributed by atoms with Crippen LogP contribution in [-0.4, -0.2) is 70.3 Å². The Labute approximate surface area is 189 Å². The highest BCUT2D eigenvalue weighted by Gasteiger charge is 2.39. The van der Waals surface area contributed by atoms with E-state index >= 15 is 0 Å². The van der Waals surface area contributed by atoms with Gasteiger partial charge in [-0.3, -0.25) is 4.79 Å². The molecule has 2 saturated heterocycles. The second kappa shape index (κ2) is 8.49. The number of amides is 1. The van der Waals surface area contributed by atoms with Crippen molar-refractivity contribution in [2.24, 2.45) is 0 Å². The number of sulfonamides is 1. The summed E-state index contributed by atoms with van der Waals surface area (Å²) >= 11 is 0. The minimum Gasteiger partial charge on any atom is -0.369 e. The lowest BCUT2D eigenvalue weighted by molar-refractivity contribution is 0.0915. The normalized spacial score (nSPS) is 23.7. The van der Waals surface area contributed by atoms with Gasteiger partial charge in [-0.1, -0.05) is 24.3 Å². The van der Waals surface area contributed by atoms with Crippen LogP contribution in [0.15, 0.2) is 59.5 Å². The van der Waals surface area contributed by atoms with Gasteiger partial charge >= 0.3 is 0 Å². The Bertz CT molecular complexity index is 1210. The van der Waals surface area contributed by atoms with Gasteiger partial charge in [-0.15, -0.1) is 0 Å². The molecule has 32 heavy (non-hydrogen) atoms. The fourth-order valence-corrected chi connectivity index (χ4v) is 7.79. The first-order chi connectivity index (χ1) is 15.1. The Balaban J connectivity index is 1.46. The molecule has 8 nitrogen and oxygen atoms in total. The molecule has 0 unspecified atom stereocenters. The van der Waals surface area contributed by atoms with Gasteiger partial charge in [0, 0.05) is 37.4 Å². The number of carbonyl (C=O) groups excluding carboxylic acids is 1. The van der Waals surface area contributed by atoms with Crippen LogP contribution in [0, 0.1) is 0 Å². The summed E-state index contributed by atoms with van der Waals surface area (Å²) in [5, 5.41) is 2.78. The lowest BCUT2D eigenvalue weighted by atomic mass is 10.0. The van der Waals surface area contributed by atoms with Crippen LogP contribution in [0.25, 0.3) is 0 Å². The molecule has 0 radical (unpaired) electrons. The predicted octanol–water partition coefficient (Wildman–Crippen LogP) is 1.50. The number of hydrogen-bond donors (Lipinski definition) is 1. The van der Waals surface area contributed by atoms with Crippen molar-refractivity contribution in [2.75, 3.05) is 42.6 Å². The molecule has 2 heterocycles. The maximum absolute atomic E-state index is 13.2. The highest BCUT2D eigenvalue weighted by molar-refractivity contribution is 7.91. The van der Waals surface area contributed by atoms with Gasteiger partial charge in [0.15, 0.2) is 9.84 Å². The summed E-state index contributed by atoms with van der Waals surface area (Å²) < 4.78 is 51.4. The van der Waals surface area contributed by atoms with Crippen molar-refractivity contribution in [3.63, 3.8) is 0 Å². The van der Waals surface area contributed by atoms with E-state index in [2.05, 4.69) is 10.2 Å². The summed E-state index contributed by atoms with van der Waals surface area (Å²) in [6.45, 7) is 3.56. The number of rotatable bonds is 5. The third-order valence-corrected chi connectivity index (χ3v) is 9.81. The van der Waals surface area contributed by atoms with Crippen molar-refractivity contribution in [3.8, 4) is 0 Å². The molecule has 0 aromatic heterocycles. The Morgan fingerprint density at radius 3 is 2.31 bits per heavy atom. The van der Waals surface area contributed by atoms with Gasteiger partial charge in [0.2, 0.25) is 10.0 Å². The van der Waals surface area contributed by atoms with Gasteiger partial charge in [-0.05, 0) is 43.7 Å². The van der Waals surface area contributed by atoms with E-state index in [1.807, 2.05) is 30.3 Å². The van der Waals surface area contributed by atoms with E-state index < -0.39 is 31.3 Å². The van der Waals surface area contributed by atoms with Crippen molar-refractivity contribution in [1.82, 2.24) is 9.62 Å². The molecule has 1 atom stereocenters. The third-order valence-electron chi connectivity index (χ3n) is 6.01. The van der Waals surface area contributed by atoms with Crippen LogP contribution >= 0.6 is 0 Å². The molecule has 0 spiro atoms. The molecule has 2 aromatic carbocycles. The summed E-state index contributed by atoms with van der Waals surface area (Å²) in [5.41, 5.74) is 0.406. The van der Waals surface area contributed by atoms with Gasteiger partial charge in [0.1, 0.15) is 0 Å². The number of benzene rings is 2. The zero-order valence-corrected chi connectivity index (χ0v) is 19.5. The van der Waals surface area contributed by atoms with Gasteiger partial charge < -0.3 is 10.2 Å². The van der Waals surface area contributed by atoms with E-state index in [-0.39, 0.29) is 22.0 Å². The first-order valence-corrected chi connectivity index (χ1v) is 13.8. The number of sulfone groups is 1. The molecule has 10 heteroatoms. The predicted molar refractivity (Wildman–Crippen MR) is 123 cm³/mol. The molecular weight excluding hydrogens is 450 g/mol. The Morgan fingerprint density at radius 1 is 1.00 bits per heavy atom. The minimum absolute atomic E-state index is 0.0349. The topological polar surface area (TPSA) is 104 Å². The van der Waals surface area contributed by atoms with Crippen LogP contribution < -0.4 is 10.2 Å². The molecule has 0 bridgehead atoms. The summed E-state index contributed by atoms with van der Waals surface area (Å²) in [6.07, 6.45) is 0.338. The molecule has 0 aliphatic carbocycles. The average Bonchev–Trinajstić information content (AvgIpc) is 3.06. The molecule has 2 aromatic rings. The third kappa shape index (κ3) is 4.82. The molecule has 0 saturated carbocycles. The van der Waals surface area contributed by atoms with Crippen LogP contribution in [0.2, 0.25) is 0 Å². The zero-order valence-electron chi connectivity index (χ0n) is 17.9. The Hall–Kier alpha value is -2.43. The highest BCUT2D eigenvalue weighted by Crippen LogP contribution is 2.25. The Kier molecular flexibility index (Phi) is 6.04. The van der Waals surface area contributed by atoms with E-state index in [9.17, 15) is 21.6 Å². The molecule has 172 valence electrons. The summed E-state index contributed by atoms with van der Waals surface area (Å²) in [5.74, 6) is -0.557. The van der Waals surface area contributed by atoms with Crippen molar-refractivity contribution in [3.05, 3.63) is 60.2 Å².